The molecule has 0 aliphatic rings. The summed E-state index contributed by atoms with van der Waals surface area (Å²) in [4.78, 5) is 25.5. The highest BCUT2D eigenvalue weighted by molar-refractivity contribution is 5.97. The van der Waals surface area contributed by atoms with Crippen molar-refractivity contribution in [1.82, 2.24) is 19.5 Å². The summed E-state index contributed by atoms with van der Waals surface area (Å²) in [5.41, 5.74) is 3.41. The summed E-state index contributed by atoms with van der Waals surface area (Å²) in [5.74, 6) is -0.141. The van der Waals surface area contributed by atoms with E-state index in [9.17, 15) is 9.59 Å². The summed E-state index contributed by atoms with van der Waals surface area (Å²) in [5, 5.41) is 7.16. The predicted molar refractivity (Wildman–Crippen MR) is 105 cm³/mol. The fourth-order valence-electron chi connectivity index (χ4n) is 3.23. The number of nitrogens with zero attached hydrogens (tertiary/aromatic N) is 3. The molecule has 2 heterocycles. The van der Waals surface area contributed by atoms with Crippen molar-refractivity contribution >= 4 is 22.5 Å². The lowest BCUT2D eigenvalue weighted by atomic mass is 10.1. The second-order valence-corrected chi connectivity index (χ2v) is 6.46. The molecule has 0 unspecified atom stereocenters. The molecule has 0 spiro atoms. The molecular formula is C21H20N4O2. The van der Waals surface area contributed by atoms with Crippen LogP contribution in [0.1, 0.15) is 29.3 Å². The molecule has 4 aromatic rings. The lowest BCUT2D eigenvalue weighted by Crippen LogP contribution is -2.26. The predicted octanol–water partition coefficient (Wildman–Crippen LogP) is 2.84. The van der Waals surface area contributed by atoms with Crippen molar-refractivity contribution in [2.75, 3.05) is 6.54 Å². The van der Waals surface area contributed by atoms with Crippen molar-refractivity contribution in [3.63, 3.8) is 0 Å². The first kappa shape index (κ1) is 17.0. The highest BCUT2D eigenvalue weighted by atomic mass is 16.1. The first-order chi connectivity index (χ1) is 13.2. The molecule has 2 aromatic carbocycles. The number of carbonyl (C=O) groups excluding carboxylic acids is 1. The van der Waals surface area contributed by atoms with Crippen LogP contribution in [0.4, 0.5) is 0 Å². The minimum absolute atomic E-state index is 0.130. The standard InChI is InChI=1S/C21H20N4O2/c1-2-11-22-20(26)16-8-9-17-19(13-16)24(14-15-6-4-3-5-7-15)21(27)18-10-12-23-25(17)18/h3-10,12-13H,2,11,14H2,1H3,(H,22,26). The van der Waals surface area contributed by atoms with Crippen LogP contribution in [0.25, 0.3) is 16.6 Å². The van der Waals surface area contributed by atoms with Crippen LogP contribution in [0.3, 0.4) is 0 Å². The van der Waals surface area contributed by atoms with Gasteiger partial charge in [-0.25, -0.2) is 4.52 Å². The first-order valence-electron chi connectivity index (χ1n) is 9.01. The molecule has 0 aliphatic carbocycles. The minimum atomic E-state index is -0.141. The Balaban J connectivity index is 1.92. The number of aromatic nitrogens is 3. The van der Waals surface area contributed by atoms with E-state index in [1.54, 1.807) is 33.5 Å². The molecule has 6 heteroatoms. The number of nitrogens with one attached hydrogen (secondary N) is 1. The Kier molecular flexibility index (Phi) is 4.46. The van der Waals surface area contributed by atoms with Crippen LogP contribution in [-0.2, 0) is 6.54 Å². The SMILES string of the molecule is CCCNC(=O)c1ccc2c(c1)n(Cc1ccccc1)c(=O)c1ccnn12. The van der Waals surface area contributed by atoms with E-state index in [1.807, 2.05) is 43.3 Å². The summed E-state index contributed by atoms with van der Waals surface area (Å²) >= 11 is 0. The Morgan fingerprint density at radius 2 is 1.85 bits per heavy atom. The minimum Gasteiger partial charge on any atom is -0.352 e. The smallest absolute Gasteiger partial charge is 0.277 e. The van der Waals surface area contributed by atoms with Gasteiger partial charge in [-0.15, -0.1) is 0 Å². The van der Waals surface area contributed by atoms with Crippen molar-refractivity contribution in [2.24, 2.45) is 0 Å². The number of hydrogen-bond donors (Lipinski definition) is 1. The van der Waals surface area contributed by atoms with E-state index in [1.165, 1.54) is 0 Å². The number of benzene rings is 2. The van der Waals surface area contributed by atoms with E-state index >= 15 is 0 Å². The fraction of sp³-hybridized carbons (Fsp3) is 0.190. The van der Waals surface area contributed by atoms with Gasteiger partial charge < -0.3 is 9.88 Å². The lowest BCUT2D eigenvalue weighted by molar-refractivity contribution is 0.0954. The van der Waals surface area contributed by atoms with Crippen LogP contribution in [-0.4, -0.2) is 26.6 Å². The van der Waals surface area contributed by atoms with Gasteiger partial charge in [-0.2, -0.15) is 5.10 Å². The fourth-order valence-corrected chi connectivity index (χ4v) is 3.23. The van der Waals surface area contributed by atoms with Gasteiger partial charge in [-0.05, 0) is 36.2 Å². The summed E-state index contributed by atoms with van der Waals surface area (Å²) < 4.78 is 3.34. The van der Waals surface area contributed by atoms with Crippen molar-refractivity contribution in [2.45, 2.75) is 19.9 Å². The second-order valence-electron chi connectivity index (χ2n) is 6.46. The number of carbonyl (C=O) groups is 1. The van der Waals surface area contributed by atoms with Crippen LogP contribution in [0.5, 0.6) is 0 Å². The summed E-state index contributed by atoms with van der Waals surface area (Å²) in [6.07, 6.45) is 2.48. The highest BCUT2D eigenvalue weighted by Crippen LogP contribution is 2.18. The number of fused-ring (bicyclic) bond motifs is 3. The van der Waals surface area contributed by atoms with Crippen LogP contribution in [0, 0.1) is 0 Å². The van der Waals surface area contributed by atoms with Gasteiger partial charge in [-0.3, -0.25) is 9.59 Å². The molecule has 0 saturated carbocycles. The molecule has 0 fully saturated rings. The van der Waals surface area contributed by atoms with Crippen LogP contribution < -0.4 is 10.9 Å². The monoisotopic (exact) mass is 360 g/mol. The number of amides is 1. The van der Waals surface area contributed by atoms with Gasteiger partial charge >= 0.3 is 0 Å². The molecule has 0 saturated heterocycles. The summed E-state index contributed by atoms with van der Waals surface area (Å²) in [7, 11) is 0. The van der Waals surface area contributed by atoms with Gasteiger partial charge in [0.05, 0.1) is 23.8 Å². The third-order valence-electron chi connectivity index (χ3n) is 4.58. The van der Waals surface area contributed by atoms with E-state index < -0.39 is 0 Å². The lowest BCUT2D eigenvalue weighted by Gasteiger charge is -2.13. The van der Waals surface area contributed by atoms with Gasteiger partial charge in [-0.1, -0.05) is 37.3 Å². The zero-order valence-electron chi connectivity index (χ0n) is 15.1. The Hall–Kier alpha value is -3.41. The van der Waals surface area contributed by atoms with Gasteiger partial charge in [0.2, 0.25) is 0 Å². The molecule has 0 radical (unpaired) electrons. The third-order valence-corrected chi connectivity index (χ3v) is 4.58. The maximum atomic E-state index is 13.1. The van der Waals surface area contributed by atoms with Crippen molar-refractivity contribution in [1.29, 1.82) is 0 Å². The highest BCUT2D eigenvalue weighted by Gasteiger charge is 2.14. The molecule has 0 atom stereocenters. The van der Waals surface area contributed by atoms with Crippen molar-refractivity contribution in [3.8, 4) is 0 Å². The Bertz CT molecular complexity index is 1180. The maximum Gasteiger partial charge on any atom is 0.277 e. The van der Waals surface area contributed by atoms with Crippen LogP contribution in [0.2, 0.25) is 0 Å². The Labute approximate surface area is 156 Å². The van der Waals surface area contributed by atoms with Crippen LogP contribution >= 0.6 is 0 Å². The summed E-state index contributed by atoms with van der Waals surface area (Å²) in [6, 6.07) is 16.9. The van der Waals surface area contributed by atoms with Gasteiger partial charge in [0.15, 0.2) is 0 Å². The molecule has 1 amide bonds. The average Bonchev–Trinajstić information content (AvgIpc) is 3.20. The Morgan fingerprint density at radius 3 is 2.63 bits per heavy atom. The topological polar surface area (TPSA) is 68.4 Å². The molecule has 2 aromatic heterocycles. The Morgan fingerprint density at radius 1 is 1.04 bits per heavy atom. The van der Waals surface area contributed by atoms with Crippen molar-refractivity contribution < 1.29 is 4.79 Å². The number of hydrogen-bond acceptors (Lipinski definition) is 3. The molecule has 136 valence electrons. The maximum absolute atomic E-state index is 13.1. The van der Waals surface area contributed by atoms with Gasteiger partial charge in [0, 0.05) is 12.1 Å². The van der Waals surface area contributed by atoms with Crippen LogP contribution in [0.15, 0.2) is 65.6 Å². The quantitative estimate of drug-likeness (QED) is 0.595. The van der Waals surface area contributed by atoms with E-state index in [-0.39, 0.29) is 11.5 Å². The molecule has 1 N–H and O–H groups in total. The summed E-state index contributed by atoms with van der Waals surface area (Å²) in [6.45, 7) is 3.05. The van der Waals surface area contributed by atoms with Crippen molar-refractivity contribution in [3.05, 3.63) is 82.3 Å². The third kappa shape index (κ3) is 3.10. The second kappa shape index (κ2) is 7.07. The molecular weight excluding hydrogens is 340 g/mol. The normalized spacial score (nSPS) is 11.1. The average molecular weight is 360 g/mol. The van der Waals surface area contributed by atoms with E-state index in [0.717, 1.165) is 17.5 Å². The molecule has 4 rings (SSSR count). The molecule has 27 heavy (non-hydrogen) atoms. The number of rotatable bonds is 5. The van der Waals surface area contributed by atoms with E-state index in [2.05, 4.69) is 10.4 Å². The van der Waals surface area contributed by atoms with Gasteiger partial charge in [0.1, 0.15) is 5.52 Å². The van der Waals surface area contributed by atoms with E-state index in [4.69, 9.17) is 0 Å². The zero-order valence-corrected chi connectivity index (χ0v) is 15.1. The molecule has 0 aliphatic heterocycles. The van der Waals surface area contributed by atoms with E-state index in [0.29, 0.717) is 29.7 Å². The molecule has 0 bridgehead atoms. The van der Waals surface area contributed by atoms with Gasteiger partial charge in [0.25, 0.3) is 11.5 Å². The largest absolute Gasteiger partial charge is 0.352 e. The first-order valence-corrected chi connectivity index (χ1v) is 9.01. The zero-order chi connectivity index (χ0) is 18.8. The molecule has 6 nitrogen and oxygen atoms in total.